The summed E-state index contributed by atoms with van der Waals surface area (Å²) in [4.78, 5) is 56.5. The number of hydrogen-bond acceptors (Lipinski definition) is 9. The van der Waals surface area contributed by atoms with E-state index in [1.807, 2.05) is 0 Å². The monoisotopic (exact) mass is 923 g/mol. The molecule has 1 N–H and O–H groups in total. The van der Waals surface area contributed by atoms with Crippen molar-refractivity contribution in [1.82, 2.24) is 0 Å². The van der Waals surface area contributed by atoms with Crippen molar-refractivity contribution in [2.75, 3.05) is 0 Å². The molecule has 0 spiro atoms. The van der Waals surface area contributed by atoms with Gasteiger partial charge in [-0.1, -0.05) is 65.8 Å². The summed E-state index contributed by atoms with van der Waals surface area (Å²) in [6.45, 7) is 1.35. The number of carbonyl (C=O) groups excluding carboxylic acids is 3. The van der Waals surface area contributed by atoms with Crippen molar-refractivity contribution in [3.63, 3.8) is 0 Å². The van der Waals surface area contributed by atoms with Gasteiger partial charge in [-0.15, -0.1) is 0 Å². The summed E-state index contributed by atoms with van der Waals surface area (Å²) in [7, 11) is 0. The fourth-order valence-corrected chi connectivity index (χ4v) is 7.53. The van der Waals surface area contributed by atoms with Crippen LogP contribution < -0.4 is 5.43 Å². The lowest BCUT2D eigenvalue weighted by Crippen LogP contribution is -2.12. The Labute approximate surface area is 317 Å². The maximum atomic E-state index is 13.7. The Bertz CT molecular complexity index is 2390. The Morgan fingerprint density at radius 2 is 1.46 bits per heavy atom. The predicted molar refractivity (Wildman–Crippen MR) is 202 cm³/mol. The highest BCUT2D eigenvalue weighted by atomic mass is 79.9. The minimum absolute atomic E-state index is 0.0214. The molecule has 1 aliphatic carbocycles. The van der Waals surface area contributed by atoms with Crippen LogP contribution in [0.3, 0.4) is 0 Å². The van der Waals surface area contributed by atoms with Gasteiger partial charge >= 0.3 is 11.9 Å². The van der Waals surface area contributed by atoms with Crippen LogP contribution in [0.1, 0.15) is 43.6 Å². The Balaban J connectivity index is 1.26. The van der Waals surface area contributed by atoms with Crippen LogP contribution in [-0.4, -0.2) is 28.5 Å². The highest BCUT2D eigenvalue weighted by Gasteiger charge is 2.28. The average Bonchev–Trinajstić information content (AvgIpc) is 3.14. The van der Waals surface area contributed by atoms with Crippen LogP contribution in [0.15, 0.2) is 123 Å². The van der Waals surface area contributed by atoms with Gasteiger partial charge in [0.05, 0.1) is 20.1 Å². The van der Waals surface area contributed by atoms with Gasteiger partial charge in [0.1, 0.15) is 27.0 Å². The smallest absolute Gasteiger partial charge is 0.365 e. The van der Waals surface area contributed by atoms with Gasteiger partial charge in [-0.25, -0.2) is 9.59 Å². The van der Waals surface area contributed by atoms with Crippen LogP contribution in [0, 0.1) is 0 Å². The molecule has 0 amide bonds. The lowest BCUT2D eigenvalue weighted by molar-refractivity contribution is 0.0469. The number of ketones is 1. The van der Waals surface area contributed by atoms with Crippen LogP contribution in [0.25, 0.3) is 33.4 Å². The molecule has 13 heteroatoms. The summed E-state index contributed by atoms with van der Waals surface area (Å²) in [5, 5.41) is 14.9. The third-order valence-corrected chi connectivity index (χ3v) is 10.3. The summed E-state index contributed by atoms with van der Waals surface area (Å²) in [6, 6.07) is 24.9. The van der Waals surface area contributed by atoms with E-state index in [1.165, 1.54) is 19.1 Å². The molecular weight excluding hydrogens is 906 g/mol. The topological polar surface area (TPSA) is 132 Å². The van der Waals surface area contributed by atoms with Gasteiger partial charge in [0.25, 0.3) is 0 Å². The SMILES string of the molecule is C/C(=N\OC(=O)c1ccc(COC(=O)c2ccccc2-c2c3cc(Br)c(=O)c(Br)c-3oc3c(Br)c(O)c(Br)cc23)cc1)C(=O)c1ccccc1. The second kappa shape index (κ2) is 14.8. The van der Waals surface area contributed by atoms with Gasteiger partial charge in [-0.3, -0.25) is 9.59 Å². The lowest BCUT2D eigenvalue weighted by atomic mass is 9.91. The van der Waals surface area contributed by atoms with Gasteiger partial charge < -0.3 is 19.1 Å². The number of esters is 1. The van der Waals surface area contributed by atoms with E-state index in [2.05, 4.69) is 68.9 Å². The number of phenols is 1. The summed E-state index contributed by atoms with van der Waals surface area (Å²) in [5.41, 5.74) is 2.95. The molecule has 0 fully saturated rings. The molecule has 6 rings (SSSR count). The normalized spacial score (nSPS) is 11.5. The lowest BCUT2D eigenvalue weighted by Gasteiger charge is -2.19. The molecule has 4 aromatic rings. The van der Waals surface area contributed by atoms with Crippen LogP contribution >= 0.6 is 63.7 Å². The van der Waals surface area contributed by atoms with Gasteiger partial charge in [0.2, 0.25) is 11.2 Å². The molecule has 0 bridgehead atoms. The number of benzene rings is 5. The standard InChI is InChI=1S/C37H21Br4NO8/c1-18(31(43)20-7-3-2-4-8-20)42-50-36(46)21-13-11-19(12-14-21)17-48-37(47)23-10-6-5-9-22(23)28-24-15-26(38)32(44)29(40)34(24)49-35-25(28)16-27(39)33(45)30(35)41/h2-16,44H,17H2,1H3/b42-18+. The number of rotatable bonds is 8. The predicted octanol–water partition coefficient (Wildman–Crippen LogP) is 10.1. The third kappa shape index (κ3) is 6.95. The number of oxime groups is 1. The molecule has 0 saturated carbocycles. The number of Topliss-reactive ketones (excluding diaryl/α,β-unsaturated/α-hetero) is 1. The first-order valence-corrected chi connectivity index (χ1v) is 17.8. The first-order chi connectivity index (χ1) is 24.0. The zero-order valence-electron chi connectivity index (χ0n) is 25.6. The van der Waals surface area contributed by atoms with Gasteiger partial charge in [0, 0.05) is 22.1 Å². The molecule has 4 aromatic carbocycles. The quantitative estimate of drug-likeness (QED) is 0.0399. The van der Waals surface area contributed by atoms with E-state index >= 15 is 0 Å². The Morgan fingerprint density at radius 3 is 2.18 bits per heavy atom. The summed E-state index contributed by atoms with van der Waals surface area (Å²) >= 11 is 13.5. The summed E-state index contributed by atoms with van der Waals surface area (Å²) in [6.07, 6.45) is 0. The van der Waals surface area contributed by atoms with Crippen LogP contribution in [0.4, 0.5) is 0 Å². The van der Waals surface area contributed by atoms with Crippen LogP contribution in [-0.2, 0) is 16.2 Å². The first kappa shape index (κ1) is 35.4. The number of fused-ring (bicyclic) bond motifs is 2. The molecule has 0 atom stereocenters. The number of carbonyl (C=O) groups is 3. The molecule has 0 aromatic heterocycles. The van der Waals surface area contributed by atoms with Crippen molar-refractivity contribution in [3.8, 4) is 28.2 Å². The average molecular weight is 927 g/mol. The van der Waals surface area contributed by atoms with Crippen molar-refractivity contribution < 1.29 is 33.5 Å². The van der Waals surface area contributed by atoms with Crippen molar-refractivity contribution in [2.45, 2.75) is 13.5 Å². The maximum Gasteiger partial charge on any atom is 0.365 e. The zero-order chi connectivity index (χ0) is 35.7. The fourth-order valence-electron chi connectivity index (χ4n) is 5.13. The highest BCUT2D eigenvalue weighted by molar-refractivity contribution is 9.11. The Morgan fingerprint density at radius 1 is 0.780 bits per heavy atom. The van der Waals surface area contributed by atoms with Crippen molar-refractivity contribution in [3.05, 3.63) is 141 Å². The molecule has 250 valence electrons. The molecule has 0 saturated heterocycles. The fraction of sp³-hybridized carbons (Fsp3) is 0.0541. The van der Waals surface area contributed by atoms with Crippen molar-refractivity contribution >= 4 is 98.1 Å². The number of ether oxygens (including phenoxy) is 1. The van der Waals surface area contributed by atoms with Gasteiger partial charge in [-0.05, 0) is 112 Å². The Hall–Kier alpha value is -4.43. The van der Waals surface area contributed by atoms with E-state index in [4.69, 9.17) is 14.0 Å². The van der Waals surface area contributed by atoms with Crippen LogP contribution in [0.2, 0.25) is 0 Å². The summed E-state index contributed by atoms with van der Waals surface area (Å²) < 4.78 is 12.9. The zero-order valence-corrected chi connectivity index (χ0v) is 32.0. The molecule has 1 aliphatic heterocycles. The molecule has 0 radical (unpaired) electrons. The van der Waals surface area contributed by atoms with Crippen molar-refractivity contribution in [2.24, 2.45) is 5.16 Å². The van der Waals surface area contributed by atoms with E-state index in [1.54, 1.807) is 78.9 Å². The van der Waals surface area contributed by atoms with Crippen LogP contribution in [0.5, 0.6) is 5.75 Å². The molecule has 9 nitrogen and oxygen atoms in total. The number of aromatic hydroxyl groups is 1. The Kier molecular flexibility index (Phi) is 10.5. The second-order valence-corrected chi connectivity index (χ2v) is 14.1. The van der Waals surface area contributed by atoms with E-state index in [-0.39, 0.29) is 65.2 Å². The molecule has 2 aliphatic rings. The minimum atomic E-state index is -0.759. The first-order valence-electron chi connectivity index (χ1n) is 14.6. The number of nitrogens with zero attached hydrogens (tertiary/aromatic N) is 1. The summed E-state index contributed by atoms with van der Waals surface area (Å²) in [5.74, 6) is -1.64. The van der Waals surface area contributed by atoms with E-state index in [0.29, 0.717) is 37.7 Å². The van der Waals surface area contributed by atoms with E-state index < -0.39 is 11.9 Å². The van der Waals surface area contributed by atoms with E-state index in [9.17, 15) is 24.3 Å². The van der Waals surface area contributed by atoms with E-state index in [0.717, 1.165) is 0 Å². The highest BCUT2D eigenvalue weighted by Crippen LogP contribution is 2.49. The molecule has 1 heterocycles. The molecule has 0 unspecified atom stereocenters. The van der Waals surface area contributed by atoms with Crippen molar-refractivity contribution in [1.29, 1.82) is 0 Å². The minimum Gasteiger partial charge on any atom is -0.505 e. The molecule has 50 heavy (non-hydrogen) atoms. The van der Waals surface area contributed by atoms with Gasteiger partial charge in [0.15, 0.2) is 11.3 Å². The number of hydrogen-bond donors (Lipinski definition) is 1. The largest absolute Gasteiger partial charge is 0.505 e. The maximum absolute atomic E-state index is 13.7. The number of halogens is 4. The van der Waals surface area contributed by atoms with Gasteiger partial charge in [-0.2, -0.15) is 0 Å². The molecular formula is C37H21Br4NO8. The number of phenolic OH excluding ortho intramolecular Hbond substituents is 1. The second-order valence-electron chi connectivity index (χ2n) is 10.8. The third-order valence-electron chi connectivity index (χ3n) is 7.63.